The summed E-state index contributed by atoms with van der Waals surface area (Å²) in [7, 11) is 0. The van der Waals surface area contributed by atoms with Crippen LogP contribution in [-0.4, -0.2) is 38.4 Å². The van der Waals surface area contributed by atoms with Crippen molar-refractivity contribution in [2.75, 3.05) is 13.1 Å². The average molecular weight is 444 g/mol. The zero-order valence-corrected chi connectivity index (χ0v) is 19.8. The summed E-state index contributed by atoms with van der Waals surface area (Å²) in [4.78, 5) is 9.23. The van der Waals surface area contributed by atoms with Gasteiger partial charge in [-0.3, -0.25) is 4.68 Å². The fourth-order valence-corrected chi connectivity index (χ4v) is 3.93. The normalized spacial score (nSPS) is 11.8. The van der Waals surface area contributed by atoms with Gasteiger partial charge in [0.1, 0.15) is 0 Å². The number of aliphatic imine (C=N–C) groups is 1. The third kappa shape index (κ3) is 6.00. The Kier molecular flexibility index (Phi) is 7.40. The Morgan fingerprint density at radius 3 is 2.55 bits per heavy atom. The predicted molar refractivity (Wildman–Crippen MR) is 134 cm³/mol. The maximum Gasteiger partial charge on any atom is 0.191 e. The molecule has 0 fully saturated rings. The maximum absolute atomic E-state index is 4.75. The van der Waals surface area contributed by atoms with Crippen LogP contribution >= 0.6 is 0 Å². The molecule has 4 aromatic rings. The van der Waals surface area contributed by atoms with E-state index >= 15 is 0 Å². The summed E-state index contributed by atoms with van der Waals surface area (Å²) in [5.41, 5.74) is 6.90. The molecular weight excluding hydrogens is 410 g/mol. The summed E-state index contributed by atoms with van der Waals surface area (Å²) in [5.74, 6) is 0.847. The van der Waals surface area contributed by atoms with Gasteiger partial charge in [-0.1, -0.05) is 36.4 Å². The Hall–Kier alpha value is -3.61. The second-order valence-corrected chi connectivity index (χ2v) is 8.30. The van der Waals surface area contributed by atoms with Gasteiger partial charge >= 0.3 is 0 Å². The zero-order valence-electron chi connectivity index (χ0n) is 19.8. The molecule has 2 N–H and O–H groups in total. The SMILES string of the molecule is CCNC(=NCc1ccc(Cn2cnc3ccccc32)cc1)NCCCn1nc(C)cc1C. The van der Waals surface area contributed by atoms with Crippen molar-refractivity contribution in [3.05, 3.63) is 83.4 Å². The number of imidazole rings is 1. The first-order valence-corrected chi connectivity index (χ1v) is 11.6. The Morgan fingerprint density at radius 2 is 1.79 bits per heavy atom. The van der Waals surface area contributed by atoms with Crippen molar-refractivity contribution in [2.24, 2.45) is 4.99 Å². The second kappa shape index (κ2) is 10.8. The zero-order chi connectivity index (χ0) is 23.0. The summed E-state index contributed by atoms with van der Waals surface area (Å²) in [6.45, 7) is 10.3. The summed E-state index contributed by atoms with van der Waals surface area (Å²) in [5, 5.41) is 11.3. The third-order valence-corrected chi connectivity index (χ3v) is 5.61. The molecule has 172 valence electrons. The molecule has 0 unspecified atom stereocenters. The van der Waals surface area contributed by atoms with Crippen molar-refractivity contribution >= 4 is 17.0 Å². The highest BCUT2D eigenvalue weighted by Crippen LogP contribution is 2.15. The molecule has 33 heavy (non-hydrogen) atoms. The van der Waals surface area contributed by atoms with Crippen LogP contribution in [0.15, 0.2) is 65.9 Å². The van der Waals surface area contributed by atoms with Crippen molar-refractivity contribution in [1.82, 2.24) is 30.0 Å². The monoisotopic (exact) mass is 443 g/mol. The molecule has 2 aromatic heterocycles. The topological polar surface area (TPSA) is 72.1 Å². The van der Waals surface area contributed by atoms with Gasteiger partial charge in [-0.25, -0.2) is 9.98 Å². The number of rotatable bonds is 9. The minimum atomic E-state index is 0.640. The minimum Gasteiger partial charge on any atom is -0.357 e. The van der Waals surface area contributed by atoms with Crippen LogP contribution in [0.25, 0.3) is 11.0 Å². The van der Waals surface area contributed by atoms with E-state index in [0.29, 0.717) is 6.54 Å². The molecule has 0 radical (unpaired) electrons. The Labute approximate surface area is 195 Å². The molecule has 0 aliphatic carbocycles. The van der Waals surface area contributed by atoms with E-state index in [1.54, 1.807) is 0 Å². The highest BCUT2D eigenvalue weighted by Gasteiger charge is 2.04. The largest absolute Gasteiger partial charge is 0.357 e. The van der Waals surface area contributed by atoms with E-state index in [-0.39, 0.29) is 0 Å². The van der Waals surface area contributed by atoms with Gasteiger partial charge in [0.25, 0.3) is 0 Å². The molecule has 2 heterocycles. The smallest absolute Gasteiger partial charge is 0.191 e. The van der Waals surface area contributed by atoms with Crippen LogP contribution < -0.4 is 10.6 Å². The van der Waals surface area contributed by atoms with Gasteiger partial charge in [0, 0.05) is 31.9 Å². The highest BCUT2D eigenvalue weighted by molar-refractivity contribution is 5.79. The number of fused-ring (bicyclic) bond motifs is 1. The summed E-state index contributed by atoms with van der Waals surface area (Å²) >= 11 is 0. The predicted octanol–water partition coefficient (Wildman–Crippen LogP) is 4.04. The molecule has 7 heteroatoms. The Bertz CT molecular complexity index is 1200. The molecule has 0 atom stereocenters. The van der Waals surface area contributed by atoms with Crippen LogP contribution in [0.2, 0.25) is 0 Å². The molecule has 2 aromatic carbocycles. The molecule has 7 nitrogen and oxygen atoms in total. The second-order valence-electron chi connectivity index (χ2n) is 8.30. The van der Waals surface area contributed by atoms with Crippen LogP contribution in [-0.2, 0) is 19.6 Å². The van der Waals surface area contributed by atoms with Crippen LogP contribution in [0, 0.1) is 13.8 Å². The van der Waals surface area contributed by atoms with Crippen molar-refractivity contribution in [3.63, 3.8) is 0 Å². The number of guanidine groups is 1. The fourth-order valence-electron chi connectivity index (χ4n) is 3.93. The van der Waals surface area contributed by atoms with E-state index in [9.17, 15) is 0 Å². The van der Waals surface area contributed by atoms with Crippen LogP contribution in [0.3, 0.4) is 0 Å². The molecular formula is C26H33N7. The molecule has 0 bridgehead atoms. The third-order valence-electron chi connectivity index (χ3n) is 5.61. The molecule has 0 saturated carbocycles. The lowest BCUT2D eigenvalue weighted by Gasteiger charge is -2.12. The Morgan fingerprint density at radius 1 is 1.00 bits per heavy atom. The number of nitrogens with zero attached hydrogens (tertiary/aromatic N) is 5. The number of hydrogen-bond donors (Lipinski definition) is 2. The van der Waals surface area contributed by atoms with Gasteiger partial charge < -0.3 is 15.2 Å². The van der Waals surface area contributed by atoms with Crippen molar-refractivity contribution in [3.8, 4) is 0 Å². The first kappa shape index (κ1) is 22.6. The van der Waals surface area contributed by atoms with Gasteiger partial charge in [0.2, 0.25) is 0 Å². The van der Waals surface area contributed by atoms with E-state index in [2.05, 4.69) is 86.3 Å². The quantitative estimate of drug-likeness (QED) is 0.233. The van der Waals surface area contributed by atoms with Crippen molar-refractivity contribution in [2.45, 2.75) is 46.8 Å². The molecule has 4 rings (SSSR count). The van der Waals surface area contributed by atoms with E-state index < -0.39 is 0 Å². The van der Waals surface area contributed by atoms with E-state index in [1.165, 1.54) is 16.8 Å². The molecule has 0 aliphatic rings. The number of hydrogen-bond acceptors (Lipinski definition) is 3. The van der Waals surface area contributed by atoms with Gasteiger partial charge in [-0.2, -0.15) is 5.10 Å². The standard InChI is InChI=1S/C26H33N7/c1-4-27-26(28-14-7-15-33-21(3)16-20(2)31-33)29-17-22-10-12-23(13-11-22)18-32-19-30-24-8-5-6-9-25(24)32/h5-6,8-13,16,19H,4,7,14-15,17-18H2,1-3H3,(H2,27,28,29). The van der Waals surface area contributed by atoms with E-state index in [4.69, 9.17) is 4.99 Å². The summed E-state index contributed by atoms with van der Waals surface area (Å²) in [6, 6.07) is 19.0. The van der Waals surface area contributed by atoms with Crippen LogP contribution in [0.4, 0.5) is 0 Å². The summed E-state index contributed by atoms with van der Waals surface area (Å²) < 4.78 is 4.25. The fraction of sp³-hybridized carbons (Fsp3) is 0.346. The highest BCUT2D eigenvalue weighted by atomic mass is 15.3. The Balaban J connectivity index is 1.29. The lowest BCUT2D eigenvalue weighted by Crippen LogP contribution is -2.38. The van der Waals surface area contributed by atoms with Gasteiger partial charge in [-0.05, 0) is 56.5 Å². The molecule has 0 spiro atoms. The number of aromatic nitrogens is 4. The lowest BCUT2D eigenvalue weighted by molar-refractivity contribution is 0.555. The molecule has 0 saturated heterocycles. The average Bonchev–Trinajstić information content (AvgIpc) is 3.37. The van der Waals surface area contributed by atoms with Gasteiger partial charge in [0.15, 0.2) is 5.96 Å². The lowest BCUT2D eigenvalue weighted by atomic mass is 10.1. The van der Waals surface area contributed by atoms with Crippen LogP contribution in [0.5, 0.6) is 0 Å². The summed E-state index contributed by atoms with van der Waals surface area (Å²) in [6.07, 6.45) is 2.90. The number of nitrogens with one attached hydrogen (secondary N) is 2. The number of aryl methyl sites for hydroxylation is 3. The maximum atomic E-state index is 4.75. The van der Waals surface area contributed by atoms with Crippen molar-refractivity contribution < 1.29 is 0 Å². The minimum absolute atomic E-state index is 0.640. The van der Waals surface area contributed by atoms with Crippen LogP contribution in [0.1, 0.15) is 35.9 Å². The van der Waals surface area contributed by atoms with Crippen molar-refractivity contribution in [1.29, 1.82) is 0 Å². The first-order valence-electron chi connectivity index (χ1n) is 11.6. The van der Waals surface area contributed by atoms with E-state index in [0.717, 1.165) is 55.3 Å². The van der Waals surface area contributed by atoms with Gasteiger partial charge in [0.05, 0.1) is 29.6 Å². The first-order chi connectivity index (χ1) is 16.1. The number of benzene rings is 2. The van der Waals surface area contributed by atoms with Gasteiger partial charge in [-0.15, -0.1) is 0 Å². The van der Waals surface area contributed by atoms with E-state index in [1.807, 2.05) is 25.4 Å². The molecule has 0 aliphatic heterocycles. The molecule has 0 amide bonds. The number of para-hydroxylation sites is 2.